The molecule has 1 rings (SSSR count). The normalized spacial score (nSPS) is 26.3. The molecule has 0 amide bonds. The largest absolute Gasteiger partial charge is 0.392 e. The molecule has 54 valence electrons. The third-order valence-corrected chi connectivity index (χ3v) is 2.38. The summed E-state index contributed by atoms with van der Waals surface area (Å²) in [6.45, 7) is 6.32. The van der Waals surface area contributed by atoms with Crippen LogP contribution in [-0.2, 0) is 0 Å². The molecule has 0 aliphatic heterocycles. The van der Waals surface area contributed by atoms with Gasteiger partial charge in [-0.2, -0.15) is 0 Å². The summed E-state index contributed by atoms with van der Waals surface area (Å²) in [4.78, 5) is 0. The average Bonchev–Trinajstić information content (AvgIpc) is 2.47. The summed E-state index contributed by atoms with van der Waals surface area (Å²) in [5, 5.41) is 9.53. The van der Waals surface area contributed by atoms with E-state index in [2.05, 4.69) is 20.8 Å². The second-order valence-electron chi connectivity index (χ2n) is 3.84. The molecule has 1 aliphatic rings. The first-order valence-electron chi connectivity index (χ1n) is 3.74. The van der Waals surface area contributed by atoms with Crippen molar-refractivity contribution in [3.63, 3.8) is 0 Å². The van der Waals surface area contributed by atoms with E-state index in [9.17, 15) is 5.11 Å². The summed E-state index contributed by atoms with van der Waals surface area (Å²) in [6.07, 6.45) is 2.36. The van der Waals surface area contributed by atoms with Gasteiger partial charge in [-0.3, -0.25) is 0 Å². The van der Waals surface area contributed by atoms with Gasteiger partial charge < -0.3 is 5.11 Å². The Labute approximate surface area is 57.1 Å². The van der Waals surface area contributed by atoms with Crippen molar-refractivity contribution in [1.29, 1.82) is 0 Å². The van der Waals surface area contributed by atoms with E-state index in [1.807, 2.05) is 0 Å². The standard InChI is InChI=1S/C8H16O/c1-6(2)7(9)8(3)4-5-8/h6-7,9H,4-5H2,1-3H3/t7-/m0/s1. The summed E-state index contributed by atoms with van der Waals surface area (Å²) in [7, 11) is 0. The van der Waals surface area contributed by atoms with Crippen molar-refractivity contribution in [2.45, 2.75) is 39.7 Å². The van der Waals surface area contributed by atoms with Crippen LogP contribution in [0.2, 0.25) is 0 Å². The minimum Gasteiger partial charge on any atom is -0.392 e. The molecule has 1 fully saturated rings. The molecule has 0 heterocycles. The molecule has 9 heavy (non-hydrogen) atoms. The molecule has 1 nitrogen and oxygen atoms in total. The lowest BCUT2D eigenvalue weighted by molar-refractivity contribution is 0.0596. The molecule has 0 bridgehead atoms. The highest BCUT2D eigenvalue weighted by atomic mass is 16.3. The van der Waals surface area contributed by atoms with Crippen molar-refractivity contribution in [3.05, 3.63) is 0 Å². The maximum absolute atomic E-state index is 9.53. The van der Waals surface area contributed by atoms with Gasteiger partial charge in [0.15, 0.2) is 0 Å². The van der Waals surface area contributed by atoms with Crippen LogP contribution >= 0.6 is 0 Å². The van der Waals surface area contributed by atoms with Crippen LogP contribution < -0.4 is 0 Å². The molecule has 0 unspecified atom stereocenters. The second-order valence-corrected chi connectivity index (χ2v) is 3.84. The van der Waals surface area contributed by atoms with E-state index < -0.39 is 0 Å². The van der Waals surface area contributed by atoms with Crippen molar-refractivity contribution < 1.29 is 5.11 Å². The minimum atomic E-state index is -0.0718. The van der Waals surface area contributed by atoms with Gasteiger partial charge in [-0.05, 0) is 24.2 Å². The third kappa shape index (κ3) is 1.26. The van der Waals surface area contributed by atoms with Crippen molar-refractivity contribution in [2.75, 3.05) is 0 Å². The zero-order valence-corrected chi connectivity index (χ0v) is 6.52. The summed E-state index contributed by atoms with van der Waals surface area (Å²) < 4.78 is 0. The first-order valence-corrected chi connectivity index (χ1v) is 3.74. The van der Waals surface area contributed by atoms with Crippen molar-refractivity contribution in [1.82, 2.24) is 0 Å². The lowest BCUT2D eigenvalue weighted by Crippen LogP contribution is -2.24. The number of hydrogen-bond donors (Lipinski definition) is 1. The molecule has 0 saturated heterocycles. The van der Waals surface area contributed by atoms with Crippen LogP contribution in [0.25, 0.3) is 0 Å². The molecule has 0 aromatic rings. The minimum absolute atomic E-state index is 0.0718. The fourth-order valence-electron chi connectivity index (χ4n) is 1.30. The van der Waals surface area contributed by atoms with Gasteiger partial charge in [0.1, 0.15) is 0 Å². The van der Waals surface area contributed by atoms with E-state index in [-0.39, 0.29) is 11.5 Å². The van der Waals surface area contributed by atoms with Crippen LogP contribution in [0.5, 0.6) is 0 Å². The number of hydrogen-bond acceptors (Lipinski definition) is 1. The van der Waals surface area contributed by atoms with E-state index in [1.165, 1.54) is 12.8 Å². The van der Waals surface area contributed by atoms with Crippen molar-refractivity contribution in [2.24, 2.45) is 11.3 Å². The predicted molar refractivity (Wildman–Crippen MR) is 38.2 cm³/mol. The number of rotatable bonds is 2. The van der Waals surface area contributed by atoms with Crippen molar-refractivity contribution in [3.8, 4) is 0 Å². The lowest BCUT2D eigenvalue weighted by Gasteiger charge is -2.20. The fraction of sp³-hybridized carbons (Fsp3) is 1.00. The van der Waals surface area contributed by atoms with Gasteiger partial charge in [-0.15, -0.1) is 0 Å². The van der Waals surface area contributed by atoms with Gasteiger partial charge in [-0.25, -0.2) is 0 Å². The first-order chi connectivity index (χ1) is 4.06. The number of aliphatic hydroxyl groups is 1. The second kappa shape index (κ2) is 1.98. The summed E-state index contributed by atoms with van der Waals surface area (Å²) in [6, 6.07) is 0. The molecule has 0 aromatic heterocycles. The first kappa shape index (κ1) is 7.07. The van der Waals surface area contributed by atoms with Gasteiger partial charge in [0.25, 0.3) is 0 Å². The molecule has 0 radical (unpaired) electrons. The van der Waals surface area contributed by atoms with Gasteiger partial charge in [-0.1, -0.05) is 20.8 Å². The Morgan fingerprint density at radius 3 is 1.89 bits per heavy atom. The Balaban J connectivity index is 2.42. The maximum Gasteiger partial charge on any atom is 0.0616 e. The Morgan fingerprint density at radius 2 is 1.78 bits per heavy atom. The van der Waals surface area contributed by atoms with Crippen LogP contribution in [0, 0.1) is 11.3 Å². The summed E-state index contributed by atoms with van der Waals surface area (Å²) >= 11 is 0. The topological polar surface area (TPSA) is 20.2 Å². The highest BCUT2D eigenvalue weighted by Crippen LogP contribution is 2.49. The van der Waals surface area contributed by atoms with Gasteiger partial charge >= 0.3 is 0 Å². The number of aliphatic hydroxyl groups excluding tert-OH is 1. The molecule has 1 N–H and O–H groups in total. The summed E-state index contributed by atoms with van der Waals surface area (Å²) in [5.74, 6) is 0.428. The molecule has 0 aromatic carbocycles. The summed E-state index contributed by atoms with van der Waals surface area (Å²) in [5.41, 5.74) is 0.286. The predicted octanol–water partition coefficient (Wildman–Crippen LogP) is 1.80. The zero-order valence-electron chi connectivity index (χ0n) is 6.52. The van der Waals surface area contributed by atoms with Crippen LogP contribution in [0.4, 0.5) is 0 Å². The van der Waals surface area contributed by atoms with Crippen molar-refractivity contribution >= 4 is 0 Å². The molecular weight excluding hydrogens is 112 g/mol. The van der Waals surface area contributed by atoms with Crippen LogP contribution in [0.1, 0.15) is 33.6 Å². The molecule has 1 saturated carbocycles. The molecule has 0 spiro atoms. The molecule has 1 aliphatic carbocycles. The van der Waals surface area contributed by atoms with E-state index in [0.717, 1.165) is 0 Å². The van der Waals surface area contributed by atoms with E-state index in [4.69, 9.17) is 0 Å². The Hall–Kier alpha value is -0.0400. The Bertz CT molecular complexity index is 103. The van der Waals surface area contributed by atoms with Gasteiger partial charge in [0.2, 0.25) is 0 Å². The smallest absolute Gasteiger partial charge is 0.0616 e. The highest BCUT2D eigenvalue weighted by molar-refractivity contribution is 4.95. The zero-order chi connectivity index (χ0) is 7.07. The Kier molecular flexibility index (Phi) is 1.55. The van der Waals surface area contributed by atoms with E-state index >= 15 is 0 Å². The van der Waals surface area contributed by atoms with Gasteiger partial charge in [0, 0.05) is 0 Å². The van der Waals surface area contributed by atoms with E-state index in [1.54, 1.807) is 0 Å². The van der Waals surface area contributed by atoms with Crippen LogP contribution in [0.15, 0.2) is 0 Å². The lowest BCUT2D eigenvalue weighted by atomic mass is 9.92. The quantitative estimate of drug-likeness (QED) is 0.601. The SMILES string of the molecule is CC(C)[C@H](O)C1(C)CC1. The maximum atomic E-state index is 9.53. The molecule has 1 heteroatoms. The highest BCUT2D eigenvalue weighted by Gasteiger charge is 2.44. The third-order valence-electron chi connectivity index (χ3n) is 2.38. The molecule has 1 atom stereocenters. The van der Waals surface area contributed by atoms with Crippen LogP contribution in [0.3, 0.4) is 0 Å². The average molecular weight is 128 g/mol. The monoisotopic (exact) mass is 128 g/mol. The fourth-order valence-corrected chi connectivity index (χ4v) is 1.30. The van der Waals surface area contributed by atoms with Gasteiger partial charge in [0.05, 0.1) is 6.10 Å². The molecular formula is C8H16O. The van der Waals surface area contributed by atoms with Crippen LogP contribution in [-0.4, -0.2) is 11.2 Å². The Morgan fingerprint density at radius 1 is 1.33 bits per heavy atom. The van der Waals surface area contributed by atoms with E-state index in [0.29, 0.717) is 5.92 Å².